The van der Waals surface area contributed by atoms with Crippen molar-refractivity contribution in [1.29, 1.82) is 0 Å². The van der Waals surface area contributed by atoms with E-state index in [1.54, 1.807) is 6.42 Å². The zero-order chi connectivity index (χ0) is 7.97. The highest BCUT2D eigenvalue weighted by Gasteiger charge is 2.43. The van der Waals surface area contributed by atoms with Gasteiger partial charge in [0.1, 0.15) is 0 Å². The second-order valence-corrected chi connectivity index (χ2v) is 4.96. The van der Waals surface area contributed by atoms with Crippen LogP contribution in [0.15, 0.2) is 0 Å². The molecule has 12 heavy (non-hydrogen) atoms. The second-order valence-electron chi connectivity index (χ2n) is 4.96. The van der Waals surface area contributed by atoms with Gasteiger partial charge in [-0.1, -0.05) is 12.8 Å². The number of fused-ring (bicyclic) bond motifs is 3. The Kier molecular flexibility index (Phi) is 1.68. The van der Waals surface area contributed by atoms with Crippen molar-refractivity contribution in [1.82, 2.24) is 5.32 Å². The molecule has 68 valence electrons. The fraction of sp³-hybridized carbons (Fsp3) is 1.00. The summed E-state index contributed by atoms with van der Waals surface area (Å²) in [4.78, 5) is 0. The number of nitrogens with one attached hydrogen (secondary N) is 1. The van der Waals surface area contributed by atoms with Crippen molar-refractivity contribution >= 4 is 0 Å². The van der Waals surface area contributed by atoms with E-state index in [2.05, 4.69) is 5.32 Å². The van der Waals surface area contributed by atoms with E-state index in [9.17, 15) is 0 Å². The molecule has 1 heterocycles. The quantitative estimate of drug-likeness (QED) is 0.580. The van der Waals surface area contributed by atoms with Gasteiger partial charge >= 0.3 is 0 Å². The Morgan fingerprint density at radius 3 is 2.75 bits per heavy atom. The van der Waals surface area contributed by atoms with Crippen LogP contribution in [0.1, 0.15) is 38.5 Å². The van der Waals surface area contributed by atoms with Crippen molar-refractivity contribution in [3.05, 3.63) is 0 Å². The molecule has 0 aromatic carbocycles. The third-order valence-corrected chi connectivity index (χ3v) is 4.49. The smallest absolute Gasteiger partial charge is 0.0127 e. The molecule has 0 aromatic rings. The summed E-state index contributed by atoms with van der Waals surface area (Å²) in [7, 11) is 0. The van der Waals surface area contributed by atoms with Crippen LogP contribution < -0.4 is 5.32 Å². The lowest BCUT2D eigenvalue weighted by Gasteiger charge is -2.36. The van der Waals surface area contributed by atoms with Gasteiger partial charge in [-0.2, -0.15) is 0 Å². The predicted octanol–water partition coefficient (Wildman–Crippen LogP) is 2.17. The van der Waals surface area contributed by atoms with E-state index in [4.69, 9.17) is 0 Å². The zero-order valence-corrected chi connectivity index (χ0v) is 7.76. The van der Waals surface area contributed by atoms with Crippen LogP contribution in [0.3, 0.4) is 0 Å². The van der Waals surface area contributed by atoms with Gasteiger partial charge in [-0.15, -0.1) is 0 Å². The summed E-state index contributed by atoms with van der Waals surface area (Å²) in [5.41, 5.74) is 0. The summed E-state index contributed by atoms with van der Waals surface area (Å²) >= 11 is 0. The molecule has 1 N–H and O–H groups in total. The van der Waals surface area contributed by atoms with Crippen LogP contribution in [-0.4, -0.2) is 12.6 Å². The Hall–Kier alpha value is -0.0400. The van der Waals surface area contributed by atoms with E-state index in [1.807, 2.05) is 0 Å². The average molecular weight is 165 g/mol. The molecular formula is C11H19N. The summed E-state index contributed by atoms with van der Waals surface area (Å²) in [5.74, 6) is 3.24. The molecule has 3 fully saturated rings. The van der Waals surface area contributed by atoms with E-state index in [0.717, 1.165) is 23.8 Å². The predicted molar refractivity (Wildman–Crippen MR) is 50.0 cm³/mol. The molecule has 1 nitrogen and oxygen atoms in total. The molecule has 4 unspecified atom stereocenters. The topological polar surface area (TPSA) is 12.0 Å². The first-order chi connectivity index (χ1) is 5.95. The molecule has 2 aliphatic carbocycles. The Balaban J connectivity index is 1.81. The maximum Gasteiger partial charge on any atom is 0.0127 e. The van der Waals surface area contributed by atoms with E-state index in [1.165, 1.54) is 38.6 Å². The van der Waals surface area contributed by atoms with Crippen molar-refractivity contribution in [2.24, 2.45) is 17.8 Å². The van der Waals surface area contributed by atoms with Crippen LogP contribution in [0.4, 0.5) is 0 Å². The summed E-state index contributed by atoms with van der Waals surface area (Å²) in [6.07, 6.45) is 9.12. The Bertz CT molecular complexity index is 158. The number of hydrogen-bond acceptors (Lipinski definition) is 1. The van der Waals surface area contributed by atoms with Crippen molar-refractivity contribution in [2.75, 3.05) is 6.54 Å². The molecule has 2 saturated carbocycles. The molecule has 3 aliphatic rings. The van der Waals surface area contributed by atoms with Crippen molar-refractivity contribution in [3.63, 3.8) is 0 Å². The van der Waals surface area contributed by atoms with Crippen molar-refractivity contribution in [2.45, 2.75) is 44.6 Å². The highest BCUT2D eigenvalue weighted by molar-refractivity contribution is 4.98. The maximum atomic E-state index is 3.73. The molecule has 0 radical (unpaired) electrons. The highest BCUT2D eigenvalue weighted by atomic mass is 15.0. The molecule has 0 amide bonds. The van der Waals surface area contributed by atoms with Gasteiger partial charge in [0.2, 0.25) is 0 Å². The molecule has 4 atom stereocenters. The molecule has 3 rings (SSSR count). The lowest BCUT2D eigenvalue weighted by Crippen LogP contribution is -2.40. The Morgan fingerprint density at radius 1 is 0.833 bits per heavy atom. The van der Waals surface area contributed by atoms with Gasteiger partial charge in [-0.05, 0) is 50.0 Å². The van der Waals surface area contributed by atoms with Crippen LogP contribution in [0.5, 0.6) is 0 Å². The Labute approximate surface area is 74.9 Å². The summed E-state index contributed by atoms with van der Waals surface area (Å²) in [6.45, 7) is 1.30. The molecule has 1 aliphatic heterocycles. The number of hydrogen-bond donors (Lipinski definition) is 1. The van der Waals surface area contributed by atoms with E-state index in [-0.39, 0.29) is 0 Å². The molecule has 1 heteroatoms. The van der Waals surface area contributed by atoms with E-state index in [0.29, 0.717) is 0 Å². The van der Waals surface area contributed by atoms with Gasteiger partial charge in [0, 0.05) is 6.04 Å². The first kappa shape index (κ1) is 7.37. The summed E-state index contributed by atoms with van der Waals surface area (Å²) in [6, 6.07) is 0.936. The van der Waals surface area contributed by atoms with E-state index < -0.39 is 0 Å². The maximum absolute atomic E-state index is 3.73. The first-order valence-corrected chi connectivity index (χ1v) is 5.68. The lowest BCUT2D eigenvalue weighted by molar-refractivity contribution is 0.178. The van der Waals surface area contributed by atoms with E-state index >= 15 is 0 Å². The standard InChI is InChI=1S/C11H19N/c1-2-8-4-5-9-6-7-12-11(9)10(8)3-1/h8-12H,1-7H2. The van der Waals surface area contributed by atoms with Crippen molar-refractivity contribution in [3.8, 4) is 0 Å². The van der Waals surface area contributed by atoms with Gasteiger partial charge in [-0.3, -0.25) is 0 Å². The highest BCUT2D eigenvalue weighted by Crippen LogP contribution is 2.46. The third kappa shape index (κ3) is 0.953. The van der Waals surface area contributed by atoms with Crippen molar-refractivity contribution < 1.29 is 0 Å². The van der Waals surface area contributed by atoms with Crippen LogP contribution in [0, 0.1) is 17.8 Å². The summed E-state index contributed by atoms with van der Waals surface area (Å²) < 4.78 is 0. The van der Waals surface area contributed by atoms with Crippen LogP contribution >= 0.6 is 0 Å². The fourth-order valence-corrected chi connectivity index (χ4v) is 3.93. The minimum absolute atomic E-state index is 0.936. The molecule has 0 spiro atoms. The fourth-order valence-electron chi connectivity index (χ4n) is 3.93. The summed E-state index contributed by atoms with van der Waals surface area (Å²) in [5, 5.41) is 3.73. The largest absolute Gasteiger partial charge is 0.313 e. The molecule has 0 bridgehead atoms. The average Bonchev–Trinajstić information content (AvgIpc) is 2.71. The first-order valence-electron chi connectivity index (χ1n) is 5.68. The molecule has 0 aromatic heterocycles. The van der Waals surface area contributed by atoms with Gasteiger partial charge in [0.15, 0.2) is 0 Å². The monoisotopic (exact) mass is 165 g/mol. The lowest BCUT2D eigenvalue weighted by atomic mass is 9.73. The van der Waals surface area contributed by atoms with Gasteiger partial charge in [0.25, 0.3) is 0 Å². The minimum Gasteiger partial charge on any atom is -0.313 e. The van der Waals surface area contributed by atoms with Gasteiger partial charge < -0.3 is 5.32 Å². The second kappa shape index (κ2) is 2.73. The number of rotatable bonds is 0. The Morgan fingerprint density at radius 2 is 1.75 bits per heavy atom. The van der Waals surface area contributed by atoms with Crippen LogP contribution in [0.2, 0.25) is 0 Å². The van der Waals surface area contributed by atoms with Gasteiger partial charge in [0.05, 0.1) is 0 Å². The molecule has 1 saturated heterocycles. The van der Waals surface area contributed by atoms with Crippen LogP contribution in [-0.2, 0) is 0 Å². The SMILES string of the molecule is C1CC2CCC3CCNC3C2C1. The third-order valence-electron chi connectivity index (χ3n) is 4.49. The molecular weight excluding hydrogens is 146 g/mol. The van der Waals surface area contributed by atoms with Gasteiger partial charge in [-0.25, -0.2) is 0 Å². The zero-order valence-electron chi connectivity index (χ0n) is 7.76. The minimum atomic E-state index is 0.936. The van der Waals surface area contributed by atoms with Crippen LogP contribution in [0.25, 0.3) is 0 Å². The normalized spacial score (nSPS) is 52.0.